The Bertz CT molecular complexity index is 3110. The Kier molecular flexibility index (Phi) is 17.4. The third-order valence-corrected chi connectivity index (χ3v) is 12.4. The molecular weight excluding hydrogens is 964 g/mol. The number of likely N-dealkylation sites (N-methyl/N-ethyl adjacent to an activating group) is 2. The van der Waals surface area contributed by atoms with E-state index in [1.165, 1.54) is 23.9 Å². The molecule has 6 aromatic rings. The van der Waals surface area contributed by atoms with Gasteiger partial charge in [-0.25, -0.2) is 32.8 Å². The van der Waals surface area contributed by atoms with E-state index in [1.54, 1.807) is 17.0 Å². The zero-order valence-electron chi connectivity index (χ0n) is 42.3. The maximum absolute atomic E-state index is 15.0. The number of rotatable bonds is 18. The van der Waals surface area contributed by atoms with Crippen molar-refractivity contribution in [3.05, 3.63) is 179 Å². The highest BCUT2D eigenvalue weighted by atomic mass is 32.2. The standard InChI is InChI=1S/C29H31F2N7OS.C26H29FN6O/c1-6-15-40-19(3)34-18(2)20-9-7-10-21(16-20)25-22-17-33-29(39)38(26-23(30)11-8-12-24(26)31)27(22)36-28(35-25)32-13-14-37(4)5;1-16-8-6-11-22(27)24(16)33-18(3)29-15-21-23(20-10-7-9-19(14-20)17(2)34)30-26(31-25(21)33)28-12-13-32(4)5/h6-12,15-16,34H,2-3,13-14,17H2,1,4-5H3,(H,33,39)(H,32,35,36);6-11,14,29,34H,2-3,12-13,15H2,1,4-5H3,(H,28,30,31)/b15-6-;. The number of benzene rings is 4. The van der Waals surface area contributed by atoms with Crippen molar-refractivity contribution in [2.75, 3.05) is 74.8 Å². The van der Waals surface area contributed by atoms with Crippen molar-refractivity contribution in [3.8, 4) is 22.5 Å². The molecule has 2 amide bonds. The number of aryl methyl sites for hydroxylation is 1. The second-order valence-electron chi connectivity index (χ2n) is 17.7. The number of para-hydroxylation sites is 2. The Morgan fingerprint density at radius 2 is 1.23 bits per heavy atom. The van der Waals surface area contributed by atoms with Crippen LogP contribution in [0.2, 0.25) is 0 Å². The first kappa shape index (κ1) is 53.7. The number of fused-ring (bicyclic) bond motifs is 2. The number of aliphatic hydroxyl groups excluding tert-OH is 1. The summed E-state index contributed by atoms with van der Waals surface area (Å²) in [6.07, 6.45) is 1.92. The number of thioether (sulfide) groups is 1. The number of nitrogens with zero attached hydrogens (tertiary/aromatic N) is 8. The third-order valence-electron chi connectivity index (χ3n) is 11.6. The lowest BCUT2D eigenvalue weighted by atomic mass is 10.0. The largest absolute Gasteiger partial charge is 0.508 e. The van der Waals surface area contributed by atoms with Crippen molar-refractivity contribution in [2.45, 2.75) is 26.9 Å². The minimum Gasteiger partial charge on any atom is -0.508 e. The first-order valence-electron chi connectivity index (χ1n) is 23.6. The molecule has 0 aliphatic carbocycles. The summed E-state index contributed by atoms with van der Waals surface area (Å²) < 4.78 is 44.8. The van der Waals surface area contributed by atoms with Crippen LogP contribution in [-0.2, 0) is 13.1 Å². The van der Waals surface area contributed by atoms with Gasteiger partial charge in [0.25, 0.3) is 0 Å². The smallest absolute Gasteiger partial charge is 0.328 e. The Balaban J connectivity index is 0.000000219. The number of aromatic nitrogens is 4. The van der Waals surface area contributed by atoms with E-state index in [0.717, 1.165) is 45.8 Å². The number of halogens is 3. The molecule has 2 aromatic heterocycles. The van der Waals surface area contributed by atoms with Crippen LogP contribution in [-0.4, -0.2) is 95.2 Å². The number of carbonyl (C=O) groups is 1. The molecule has 0 radical (unpaired) electrons. The molecule has 19 heteroatoms. The molecule has 0 saturated carbocycles. The Morgan fingerprint density at radius 3 is 1.77 bits per heavy atom. The number of hydrogen-bond acceptors (Lipinski definition) is 14. The molecular formula is C55H60F3N13O2S. The van der Waals surface area contributed by atoms with Gasteiger partial charge in [-0.15, -0.1) is 0 Å². The number of amides is 2. The van der Waals surface area contributed by atoms with Crippen LogP contribution in [0.1, 0.15) is 34.7 Å². The Morgan fingerprint density at radius 1 is 0.730 bits per heavy atom. The third kappa shape index (κ3) is 12.5. The molecule has 0 saturated heterocycles. The van der Waals surface area contributed by atoms with Crippen LogP contribution < -0.4 is 36.4 Å². The molecule has 0 spiro atoms. The maximum atomic E-state index is 15.0. The number of allylic oxidation sites excluding steroid dienone is 1. The average molecular weight is 1020 g/mol. The fourth-order valence-corrected chi connectivity index (χ4v) is 8.45. The molecule has 0 atom stereocenters. The SMILES string of the molecule is C=C(NC(=C)c1cccc(-c2nc(NCCN(C)C)nc3c2CNC(=O)N3c2c(F)cccc2F)c1)S/C=C\C.C=C(O)c1cccc(-c2nc(NCCN(C)C)nc3c2CNC(=C)N3c2c(C)cccc2F)c1. The van der Waals surface area contributed by atoms with Gasteiger partial charge in [0, 0.05) is 66.2 Å². The highest BCUT2D eigenvalue weighted by Gasteiger charge is 2.35. The quantitative estimate of drug-likeness (QED) is 0.0451. The summed E-state index contributed by atoms with van der Waals surface area (Å²) in [5.74, 6) is -0.312. The lowest BCUT2D eigenvalue weighted by Crippen LogP contribution is -2.43. The molecule has 2 aliphatic heterocycles. The monoisotopic (exact) mass is 1020 g/mol. The summed E-state index contributed by atoms with van der Waals surface area (Å²) in [5.41, 5.74) is 6.70. The van der Waals surface area contributed by atoms with Gasteiger partial charge in [0.15, 0.2) is 5.82 Å². The predicted octanol–water partition coefficient (Wildman–Crippen LogP) is 10.9. The van der Waals surface area contributed by atoms with Crippen molar-refractivity contribution in [3.63, 3.8) is 0 Å². The van der Waals surface area contributed by atoms with Gasteiger partial charge in [-0.05, 0) is 88.9 Å². The second-order valence-corrected chi connectivity index (χ2v) is 18.7. The van der Waals surface area contributed by atoms with Crippen molar-refractivity contribution >= 4 is 64.2 Å². The number of hydrogen-bond donors (Lipinski definition) is 6. The normalized spacial score (nSPS) is 12.9. The fraction of sp³-hybridized carbons (Fsp3) is 0.218. The molecule has 6 N–H and O–H groups in total. The van der Waals surface area contributed by atoms with E-state index in [2.05, 4.69) is 62.8 Å². The molecule has 74 heavy (non-hydrogen) atoms. The zero-order chi connectivity index (χ0) is 53.2. The van der Waals surface area contributed by atoms with Crippen LogP contribution in [0.4, 0.5) is 52.9 Å². The molecule has 0 unspecified atom stereocenters. The minimum atomic E-state index is -0.884. The number of aliphatic hydroxyl groups is 1. The van der Waals surface area contributed by atoms with Gasteiger partial charge in [-0.2, -0.15) is 9.97 Å². The molecule has 4 heterocycles. The van der Waals surface area contributed by atoms with E-state index in [4.69, 9.17) is 15.0 Å². The first-order valence-corrected chi connectivity index (χ1v) is 24.4. The Hall–Kier alpha value is -8.13. The summed E-state index contributed by atoms with van der Waals surface area (Å²) in [6, 6.07) is 22.6. The number of urea groups is 1. The number of nitrogens with one attached hydrogen (secondary N) is 5. The van der Waals surface area contributed by atoms with Crippen molar-refractivity contribution < 1.29 is 23.1 Å². The van der Waals surface area contributed by atoms with Crippen LogP contribution in [0.25, 0.3) is 34.0 Å². The summed E-state index contributed by atoms with van der Waals surface area (Å²) in [5, 5.41) is 28.2. The number of carbonyl (C=O) groups excluding carboxylic acids is 1. The molecule has 8 rings (SSSR count). The van der Waals surface area contributed by atoms with Crippen LogP contribution >= 0.6 is 11.8 Å². The molecule has 0 bridgehead atoms. The van der Waals surface area contributed by atoms with Gasteiger partial charge in [0.2, 0.25) is 11.9 Å². The van der Waals surface area contributed by atoms with Crippen molar-refractivity contribution in [1.82, 2.24) is 45.7 Å². The van der Waals surface area contributed by atoms with E-state index >= 15 is 4.39 Å². The van der Waals surface area contributed by atoms with E-state index in [-0.39, 0.29) is 29.9 Å². The topological polar surface area (TPSA) is 162 Å². The maximum Gasteiger partial charge on any atom is 0.328 e. The zero-order valence-corrected chi connectivity index (χ0v) is 43.1. The van der Waals surface area contributed by atoms with Gasteiger partial charge < -0.3 is 41.5 Å². The van der Waals surface area contributed by atoms with E-state index in [1.807, 2.05) is 107 Å². The fourth-order valence-electron chi connectivity index (χ4n) is 7.97. The van der Waals surface area contributed by atoms with Gasteiger partial charge in [-0.1, -0.05) is 98.8 Å². The highest BCUT2D eigenvalue weighted by molar-refractivity contribution is 8.05. The van der Waals surface area contributed by atoms with Gasteiger partial charge in [0.1, 0.15) is 40.5 Å². The predicted molar refractivity (Wildman–Crippen MR) is 294 cm³/mol. The minimum absolute atomic E-state index is 0.0239. The van der Waals surface area contributed by atoms with Crippen LogP contribution in [0.15, 0.2) is 134 Å². The van der Waals surface area contributed by atoms with Crippen LogP contribution in [0.3, 0.4) is 0 Å². The van der Waals surface area contributed by atoms with Gasteiger partial charge >= 0.3 is 6.03 Å². The molecule has 384 valence electrons. The highest BCUT2D eigenvalue weighted by Crippen LogP contribution is 2.42. The lowest BCUT2D eigenvalue weighted by Gasteiger charge is -2.35. The Labute approximate surface area is 434 Å². The molecule has 2 aliphatic rings. The van der Waals surface area contributed by atoms with Gasteiger partial charge in [-0.3, -0.25) is 4.90 Å². The van der Waals surface area contributed by atoms with Crippen molar-refractivity contribution in [1.29, 1.82) is 0 Å². The average Bonchev–Trinajstić information content (AvgIpc) is 3.36. The molecule has 4 aromatic carbocycles. The summed E-state index contributed by atoms with van der Waals surface area (Å²) in [7, 11) is 7.86. The van der Waals surface area contributed by atoms with Crippen LogP contribution in [0.5, 0.6) is 0 Å². The lowest BCUT2D eigenvalue weighted by molar-refractivity contribution is 0.246. The molecule has 15 nitrogen and oxygen atoms in total. The summed E-state index contributed by atoms with van der Waals surface area (Å²) >= 11 is 1.44. The van der Waals surface area contributed by atoms with E-state index in [0.29, 0.717) is 88.3 Å². The summed E-state index contributed by atoms with van der Waals surface area (Å²) in [6.45, 7) is 22.8. The van der Waals surface area contributed by atoms with Crippen LogP contribution in [0, 0.1) is 24.4 Å². The summed E-state index contributed by atoms with van der Waals surface area (Å²) in [4.78, 5) is 38.6. The van der Waals surface area contributed by atoms with E-state index in [9.17, 15) is 18.7 Å². The second kappa shape index (κ2) is 24.1. The first-order chi connectivity index (χ1) is 35.4. The van der Waals surface area contributed by atoms with E-state index < -0.39 is 23.4 Å². The van der Waals surface area contributed by atoms with Gasteiger partial charge in [0.05, 0.1) is 28.6 Å². The molecule has 0 fully saturated rings. The number of anilines is 6. The van der Waals surface area contributed by atoms with Crippen molar-refractivity contribution in [2.24, 2.45) is 0 Å².